The molecule has 0 aliphatic rings. The van der Waals surface area contributed by atoms with Crippen LogP contribution in [0.5, 0.6) is 0 Å². The van der Waals surface area contributed by atoms with Gasteiger partial charge in [0.2, 0.25) is 0 Å². The number of carboxylic acids is 1. The first kappa shape index (κ1) is 9.26. The molecule has 1 heterocycles. The topological polar surface area (TPSA) is 96.2 Å². The fourth-order valence-corrected chi connectivity index (χ4v) is 1.56. The van der Waals surface area contributed by atoms with Crippen LogP contribution in [0.3, 0.4) is 0 Å². The minimum atomic E-state index is -1.19. The number of para-hydroxylation sites is 1. The number of aromatic carboxylic acids is 1. The van der Waals surface area contributed by atoms with Crippen LogP contribution in [0.2, 0.25) is 0 Å². The molecule has 0 radical (unpaired) electrons. The van der Waals surface area contributed by atoms with Gasteiger partial charge in [0.15, 0.2) is 0 Å². The van der Waals surface area contributed by atoms with E-state index >= 15 is 0 Å². The number of carbonyl (C=O) groups is 2. The van der Waals surface area contributed by atoms with Gasteiger partial charge in [0.1, 0.15) is 5.69 Å². The number of H-pyrrole nitrogens is 1. The Balaban J connectivity index is 2.86. The van der Waals surface area contributed by atoms with E-state index in [4.69, 9.17) is 10.8 Å². The first-order valence-corrected chi connectivity index (χ1v) is 4.25. The van der Waals surface area contributed by atoms with Gasteiger partial charge in [-0.1, -0.05) is 18.2 Å². The number of carbonyl (C=O) groups excluding carboxylic acids is 1. The molecule has 0 aliphatic carbocycles. The molecule has 0 aliphatic heterocycles. The number of nitrogens with two attached hydrogens (primary N) is 1. The SMILES string of the molecule is NC(=O)c1c(C(=O)O)[nH]c2ccccc12. The quantitative estimate of drug-likeness (QED) is 0.679. The van der Waals surface area contributed by atoms with Crippen molar-refractivity contribution in [3.63, 3.8) is 0 Å². The van der Waals surface area contributed by atoms with Gasteiger partial charge in [0.05, 0.1) is 5.56 Å². The Morgan fingerprint density at radius 1 is 1.27 bits per heavy atom. The van der Waals surface area contributed by atoms with E-state index in [1.165, 1.54) is 0 Å². The van der Waals surface area contributed by atoms with E-state index in [-0.39, 0.29) is 11.3 Å². The molecule has 0 fully saturated rings. The van der Waals surface area contributed by atoms with Crippen molar-refractivity contribution < 1.29 is 14.7 Å². The zero-order chi connectivity index (χ0) is 11.0. The van der Waals surface area contributed by atoms with Crippen LogP contribution in [0, 0.1) is 0 Å². The lowest BCUT2D eigenvalue weighted by molar-refractivity contribution is 0.0687. The predicted octanol–water partition coefficient (Wildman–Crippen LogP) is 0.965. The van der Waals surface area contributed by atoms with Crippen LogP contribution in [0.25, 0.3) is 10.9 Å². The van der Waals surface area contributed by atoms with Crippen LogP contribution >= 0.6 is 0 Å². The van der Waals surface area contributed by atoms with E-state index < -0.39 is 11.9 Å². The molecule has 2 aromatic rings. The van der Waals surface area contributed by atoms with Crippen LogP contribution in [0.1, 0.15) is 20.8 Å². The number of nitrogens with one attached hydrogen (secondary N) is 1. The highest BCUT2D eigenvalue weighted by Gasteiger charge is 2.20. The lowest BCUT2D eigenvalue weighted by Gasteiger charge is -1.94. The number of rotatable bonds is 2. The Morgan fingerprint density at radius 3 is 2.53 bits per heavy atom. The Labute approximate surface area is 84.5 Å². The molecule has 5 heteroatoms. The molecule has 0 unspecified atom stereocenters. The first-order valence-electron chi connectivity index (χ1n) is 4.25. The summed E-state index contributed by atoms with van der Waals surface area (Å²) in [6.45, 7) is 0. The summed E-state index contributed by atoms with van der Waals surface area (Å²) in [5.41, 5.74) is 5.59. The molecule has 1 aromatic heterocycles. The Kier molecular flexibility index (Phi) is 1.93. The zero-order valence-corrected chi connectivity index (χ0v) is 7.65. The van der Waals surface area contributed by atoms with Crippen molar-refractivity contribution in [1.82, 2.24) is 4.98 Å². The maximum absolute atomic E-state index is 11.1. The van der Waals surface area contributed by atoms with Crippen molar-refractivity contribution >= 4 is 22.8 Å². The zero-order valence-electron chi connectivity index (χ0n) is 7.65. The minimum Gasteiger partial charge on any atom is -0.477 e. The van der Waals surface area contributed by atoms with Gasteiger partial charge < -0.3 is 15.8 Å². The van der Waals surface area contributed by atoms with E-state index in [1.54, 1.807) is 24.3 Å². The van der Waals surface area contributed by atoms with Crippen LogP contribution in [-0.4, -0.2) is 22.0 Å². The minimum absolute atomic E-state index is 0.0260. The standard InChI is InChI=1S/C10H8N2O3/c11-9(13)7-5-3-1-2-4-6(5)12-8(7)10(14)15/h1-4,12H,(H2,11,13)(H,14,15). The van der Waals surface area contributed by atoms with Gasteiger partial charge in [0.25, 0.3) is 5.91 Å². The Bertz CT molecular complexity index is 557. The maximum Gasteiger partial charge on any atom is 0.353 e. The first-order chi connectivity index (χ1) is 7.11. The second-order valence-electron chi connectivity index (χ2n) is 3.09. The second kappa shape index (κ2) is 3.13. The van der Waals surface area contributed by atoms with Crippen molar-refractivity contribution in [2.45, 2.75) is 0 Å². The number of aromatic amines is 1. The molecule has 0 saturated carbocycles. The highest BCUT2D eigenvalue weighted by atomic mass is 16.4. The molecule has 15 heavy (non-hydrogen) atoms. The number of aromatic nitrogens is 1. The highest BCUT2D eigenvalue weighted by molar-refractivity contribution is 6.13. The van der Waals surface area contributed by atoms with Gasteiger partial charge in [-0.2, -0.15) is 0 Å². The third kappa shape index (κ3) is 1.34. The summed E-state index contributed by atoms with van der Waals surface area (Å²) in [5.74, 6) is -1.94. The van der Waals surface area contributed by atoms with Crippen molar-refractivity contribution in [3.05, 3.63) is 35.5 Å². The third-order valence-corrected chi connectivity index (χ3v) is 2.17. The number of primary amides is 1. The van der Waals surface area contributed by atoms with Gasteiger partial charge in [-0.25, -0.2) is 4.79 Å². The van der Waals surface area contributed by atoms with E-state index in [0.29, 0.717) is 10.9 Å². The summed E-state index contributed by atoms with van der Waals surface area (Å²) in [6.07, 6.45) is 0. The summed E-state index contributed by atoms with van der Waals surface area (Å²) in [7, 11) is 0. The van der Waals surface area contributed by atoms with Crippen molar-refractivity contribution in [2.24, 2.45) is 5.73 Å². The van der Waals surface area contributed by atoms with Gasteiger partial charge in [-0.05, 0) is 6.07 Å². The van der Waals surface area contributed by atoms with Crippen molar-refractivity contribution in [1.29, 1.82) is 0 Å². The van der Waals surface area contributed by atoms with Gasteiger partial charge >= 0.3 is 5.97 Å². The fourth-order valence-electron chi connectivity index (χ4n) is 1.56. The molecule has 76 valence electrons. The Hall–Kier alpha value is -2.30. The lowest BCUT2D eigenvalue weighted by Crippen LogP contribution is -2.15. The fraction of sp³-hybridized carbons (Fsp3) is 0. The largest absolute Gasteiger partial charge is 0.477 e. The summed E-state index contributed by atoms with van der Waals surface area (Å²) >= 11 is 0. The summed E-state index contributed by atoms with van der Waals surface area (Å²) in [4.78, 5) is 24.6. The number of hydrogen-bond donors (Lipinski definition) is 3. The highest BCUT2D eigenvalue weighted by Crippen LogP contribution is 2.21. The number of benzene rings is 1. The van der Waals surface area contributed by atoms with E-state index in [1.807, 2.05) is 0 Å². The average molecular weight is 204 g/mol. The molecule has 0 atom stereocenters. The molecular weight excluding hydrogens is 196 g/mol. The monoisotopic (exact) mass is 204 g/mol. The van der Waals surface area contributed by atoms with Crippen LogP contribution < -0.4 is 5.73 Å². The van der Waals surface area contributed by atoms with Crippen LogP contribution in [0.15, 0.2) is 24.3 Å². The van der Waals surface area contributed by atoms with Crippen molar-refractivity contribution in [3.8, 4) is 0 Å². The second-order valence-corrected chi connectivity index (χ2v) is 3.09. The van der Waals surface area contributed by atoms with E-state index in [9.17, 15) is 9.59 Å². The molecule has 1 aromatic carbocycles. The van der Waals surface area contributed by atoms with Crippen LogP contribution in [-0.2, 0) is 0 Å². The van der Waals surface area contributed by atoms with Crippen molar-refractivity contribution in [2.75, 3.05) is 0 Å². The number of hydrogen-bond acceptors (Lipinski definition) is 2. The Morgan fingerprint density at radius 2 is 1.93 bits per heavy atom. The average Bonchev–Trinajstić information content (AvgIpc) is 2.56. The normalized spacial score (nSPS) is 10.4. The predicted molar refractivity (Wildman–Crippen MR) is 53.8 cm³/mol. The van der Waals surface area contributed by atoms with E-state index in [2.05, 4.69) is 4.98 Å². The number of fused-ring (bicyclic) bond motifs is 1. The summed E-state index contributed by atoms with van der Waals surface area (Å²) < 4.78 is 0. The lowest BCUT2D eigenvalue weighted by atomic mass is 10.1. The van der Waals surface area contributed by atoms with Crippen LogP contribution in [0.4, 0.5) is 0 Å². The molecule has 0 bridgehead atoms. The third-order valence-electron chi connectivity index (χ3n) is 2.17. The van der Waals surface area contributed by atoms with Gasteiger partial charge in [0, 0.05) is 10.9 Å². The molecule has 2 rings (SSSR count). The molecule has 0 spiro atoms. The number of carboxylic acid groups (broad SMARTS) is 1. The molecular formula is C10H8N2O3. The smallest absolute Gasteiger partial charge is 0.353 e. The summed E-state index contributed by atoms with van der Waals surface area (Å²) in [6, 6.07) is 6.80. The molecule has 5 nitrogen and oxygen atoms in total. The molecule has 4 N–H and O–H groups in total. The van der Waals surface area contributed by atoms with Gasteiger partial charge in [-0.3, -0.25) is 4.79 Å². The maximum atomic E-state index is 11.1. The molecule has 0 saturated heterocycles. The van der Waals surface area contributed by atoms with E-state index in [0.717, 1.165) is 0 Å². The number of amides is 1. The molecule has 1 amide bonds. The summed E-state index contributed by atoms with van der Waals surface area (Å²) in [5, 5.41) is 9.41. The van der Waals surface area contributed by atoms with Gasteiger partial charge in [-0.15, -0.1) is 0 Å².